The van der Waals surface area contributed by atoms with Gasteiger partial charge in [0.1, 0.15) is 11.7 Å². The summed E-state index contributed by atoms with van der Waals surface area (Å²) in [6.07, 6.45) is 1.50. The molecule has 21 heavy (non-hydrogen) atoms. The van der Waals surface area contributed by atoms with Crippen molar-refractivity contribution < 1.29 is 9.59 Å². The van der Waals surface area contributed by atoms with Crippen LogP contribution in [0.15, 0.2) is 36.5 Å². The number of piperazine rings is 1. The van der Waals surface area contributed by atoms with Crippen LogP contribution < -0.4 is 5.32 Å². The molecular weight excluding hydrogens is 292 g/mol. The first-order chi connectivity index (χ1) is 10.2. The van der Waals surface area contributed by atoms with Crippen LogP contribution in [0.25, 0.3) is 0 Å². The van der Waals surface area contributed by atoms with Crippen molar-refractivity contribution in [2.75, 3.05) is 13.1 Å². The minimum absolute atomic E-state index is 0.234. The number of H-pyrrole nitrogens is 1. The topological polar surface area (TPSA) is 78.1 Å². The summed E-state index contributed by atoms with van der Waals surface area (Å²) in [4.78, 5) is 26.3. The van der Waals surface area contributed by atoms with E-state index in [4.69, 9.17) is 11.6 Å². The van der Waals surface area contributed by atoms with Crippen molar-refractivity contribution in [2.45, 2.75) is 6.04 Å². The first-order valence-corrected chi connectivity index (χ1v) is 6.89. The molecule has 0 bridgehead atoms. The Morgan fingerprint density at radius 3 is 2.86 bits per heavy atom. The molecular formula is C14H13ClN4O2. The molecule has 0 unspecified atom stereocenters. The Kier molecular flexibility index (Phi) is 3.62. The zero-order valence-corrected chi connectivity index (χ0v) is 11.8. The van der Waals surface area contributed by atoms with Crippen molar-refractivity contribution >= 4 is 23.4 Å². The van der Waals surface area contributed by atoms with E-state index < -0.39 is 6.04 Å². The fourth-order valence-corrected chi connectivity index (χ4v) is 2.66. The molecule has 1 aromatic heterocycles. The summed E-state index contributed by atoms with van der Waals surface area (Å²) in [5.41, 5.74) is 0.964. The maximum atomic E-state index is 12.5. The summed E-state index contributed by atoms with van der Waals surface area (Å²) in [6.45, 7) is 0.832. The van der Waals surface area contributed by atoms with Gasteiger partial charge in [0.15, 0.2) is 0 Å². The molecule has 1 aliphatic rings. The summed E-state index contributed by atoms with van der Waals surface area (Å²) in [7, 11) is 0. The van der Waals surface area contributed by atoms with E-state index in [2.05, 4.69) is 15.5 Å². The number of amides is 2. The average Bonchev–Trinajstić information content (AvgIpc) is 3.01. The predicted octanol–water partition coefficient (Wildman–Crippen LogP) is 1.38. The number of carbonyl (C=O) groups is 2. The van der Waals surface area contributed by atoms with Crippen LogP contribution in [0.2, 0.25) is 5.02 Å². The monoisotopic (exact) mass is 304 g/mol. The van der Waals surface area contributed by atoms with E-state index in [1.54, 1.807) is 30.3 Å². The standard InChI is InChI=1S/C14H13ClN4O2/c15-10-4-2-1-3-9(10)12-13(20)16-7-8-19(12)14(21)11-5-6-17-18-11/h1-6,12H,7-8H2,(H,16,20)(H,17,18)/t12-/m0/s1. The van der Waals surface area contributed by atoms with Gasteiger partial charge in [-0.1, -0.05) is 29.8 Å². The smallest absolute Gasteiger partial charge is 0.272 e. The first-order valence-electron chi connectivity index (χ1n) is 6.51. The molecule has 1 aliphatic heterocycles. The summed E-state index contributed by atoms with van der Waals surface area (Å²) >= 11 is 6.18. The van der Waals surface area contributed by atoms with Crippen molar-refractivity contribution in [2.24, 2.45) is 0 Å². The van der Waals surface area contributed by atoms with E-state index in [0.717, 1.165) is 0 Å². The molecule has 2 heterocycles. The molecule has 108 valence electrons. The Balaban J connectivity index is 1.99. The van der Waals surface area contributed by atoms with Gasteiger partial charge in [-0.15, -0.1) is 0 Å². The minimum atomic E-state index is -0.733. The number of aromatic nitrogens is 2. The number of hydrogen-bond donors (Lipinski definition) is 2. The number of benzene rings is 1. The molecule has 1 aromatic carbocycles. The molecule has 7 heteroatoms. The van der Waals surface area contributed by atoms with Gasteiger partial charge in [-0.3, -0.25) is 14.7 Å². The molecule has 0 spiro atoms. The third-order valence-electron chi connectivity index (χ3n) is 3.40. The van der Waals surface area contributed by atoms with E-state index in [9.17, 15) is 9.59 Å². The van der Waals surface area contributed by atoms with Gasteiger partial charge in [-0.2, -0.15) is 5.10 Å². The fraction of sp³-hybridized carbons (Fsp3) is 0.214. The maximum absolute atomic E-state index is 12.5. The van der Waals surface area contributed by atoms with Gasteiger partial charge in [-0.05, 0) is 12.1 Å². The maximum Gasteiger partial charge on any atom is 0.272 e. The third-order valence-corrected chi connectivity index (χ3v) is 3.75. The van der Waals surface area contributed by atoms with Gasteiger partial charge in [0.2, 0.25) is 5.91 Å². The Morgan fingerprint density at radius 1 is 1.33 bits per heavy atom. The first kappa shape index (κ1) is 13.6. The third kappa shape index (κ3) is 2.50. The molecule has 0 radical (unpaired) electrons. The van der Waals surface area contributed by atoms with Crippen LogP contribution in [0.3, 0.4) is 0 Å². The van der Waals surface area contributed by atoms with Gasteiger partial charge < -0.3 is 10.2 Å². The van der Waals surface area contributed by atoms with Crippen molar-refractivity contribution in [3.05, 3.63) is 52.8 Å². The van der Waals surface area contributed by atoms with Crippen molar-refractivity contribution in [1.82, 2.24) is 20.4 Å². The molecule has 1 fully saturated rings. The van der Waals surface area contributed by atoms with E-state index in [1.165, 1.54) is 11.1 Å². The normalized spacial score (nSPS) is 18.4. The zero-order valence-electron chi connectivity index (χ0n) is 11.0. The quantitative estimate of drug-likeness (QED) is 0.880. The summed E-state index contributed by atoms with van der Waals surface area (Å²) in [6, 6.07) is 7.89. The average molecular weight is 305 g/mol. The Bertz CT molecular complexity index is 671. The van der Waals surface area contributed by atoms with Gasteiger partial charge in [0, 0.05) is 29.9 Å². The highest BCUT2D eigenvalue weighted by Gasteiger charge is 2.36. The molecule has 0 saturated carbocycles. The second-order valence-electron chi connectivity index (χ2n) is 4.68. The second kappa shape index (κ2) is 5.57. The van der Waals surface area contributed by atoms with Gasteiger partial charge >= 0.3 is 0 Å². The molecule has 0 aliphatic carbocycles. The summed E-state index contributed by atoms with van der Waals surface area (Å²) in [5, 5.41) is 9.63. The number of rotatable bonds is 2. The molecule has 2 N–H and O–H groups in total. The number of halogens is 1. The summed E-state index contributed by atoms with van der Waals surface area (Å²) in [5.74, 6) is -0.505. The highest BCUT2D eigenvalue weighted by Crippen LogP contribution is 2.30. The predicted molar refractivity (Wildman–Crippen MR) is 76.8 cm³/mol. The Labute approximate surface area is 126 Å². The number of aromatic amines is 1. The van der Waals surface area contributed by atoms with Crippen LogP contribution in [0.5, 0.6) is 0 Å². The molecule has 1 atom stereocenters. The zero-order chi connectivity index (χ0) is 14.8. The van der Waals surface area contributed by atoms with E-state index in [-0.39, 0.29) is 11.8 Å². The molecule has 2 aromatic rings. The van der Waals surface area contributed by atoms with E-state index >= 15 is 0 Å². The van der Waals surface area contributed by atoms with E-state index in [0.29, 0.717) is 29.4 Å². The largest absolute Gasteiger partial charge is 0.352 e. The lowest BCUT2D eigenvalue weighted by Crippen LogP contribution is -2.52. The molecule has 2 amide bonds. The SMILES string of the molecule is O=C1NCCN(C(=O)c2ccn[nH]2)[C@H]1c1ccccc1Cl. The number of nitrogens with one attached hydrogen (secondary N) is 2. The fourth-order valence-electron chi connectivity index (χ4n) is 2.42. The molecule has 3 rings (SSSR count). The van der Waals surface area contributed by atoms with Crippen molar-refractivity contribution in [1.29, 1.82) is 0 Å². The van der Waals surface area contributed by atoms with Crippen LogP contribution in [0.4, 0.5) is 0 Å². The molecule has 6 nitrogen and oxygen atoms in total. The van der Waals surface area contributed by atoms with Gasteiger partial charge in [0.25, 0.3) is 5.91 Å². The van der Waals surface area contributed by atoms with Crippen LogP contribution in [0.1, 0.15) is 22.1 Å². The second-order valence-corrected chi connectivity index (χ2v) is 5.09. The lowest BCUT2D eigenvalue weighted by atomic mass is 10.0. The van der Waals surface area contributed by atoms with Crippen LogP contribution >= 0.6 is 11.6 Å². The number of hydrogen-bond acceptors (Lipinski definition) is 3. The highest BCUT2D eigenvalue weighted by molar-refractivity contribution is 6.31. The number of nitrogens with zero attached hydrogens (tertiary/aromatic N) is 2. The Hall–Kier alpha value is -2.34. The van der Waals surface area contributed by atoms with Crippen LogP contribution in [-0.4, -0.2) is 40.0 Å². The van der Waals surface area contributed by atoms with E-state index in [1.807, 2.05) is 0 Å². The highest BCUT2D eigenvalue weighted by atomic mass is 35.5. The summed E-state index contributed by atoms with van der Waals surface area (Å²) < 4.78 is 0. The number of carbonyl (C=O) groups excluding carboxylic acids is 2. The molecule has 1 saturated heterocycles. The van der Waals surface area contributed by atoms with Crippen molar-refractivity contribution in [3.8, 4) is 0 Å². The Morgan fingerprint density at radius 2 is 2.14 bits per heavy atom. The van der Waals surface area contributed by atoms with Gasteiger partial charge in [0.05, 0.1) is 0 Å². The minimum Gasteiger partial charge on any atom is -0.352 e. The van der Waals surface area contributed by atoms with Crippen LogP contribution in [-0.2, 0) is 4.79 Å². The van der Waals surface area contributed by atoms with Crippen LogP contribution in [0, 0.1) is 0 Å². The van der Waals surface area contributed by atoms with Crippen molar-refractivity contribution in [3.63, 3.8) is 0 Å². The van der Waals surface area contributed by atoms with Gasteiger partial charge in [-0.25, -0.2) is 0 Å². The lowest BCUT2D eigenvalue weighted by Gasteiger charge is -2.35. The lowest BCUT2D eigenvalue weighted by molar-refractivity contribution is -0.128.